The third-order valence-corrected chi connectivity index (χ3v) is 6.67. The number of carbonyl (C=O) groups excluding carboxylic acids is 1. The summed E-state index contributed by atoms with van der Waals surface area (Å²) in [4.78, 5) is 20.1. The first kappa shape index (κ1) is 20.5. The number of fused-ring (bicyclic) bond motifs is 1. The first-order valence-electron chi connectivity index (χ1n) is 11.4. The van der Waals surface area contributed by atoms with Crippen LogP contribution in [-0.4, -0.2) is 22.0 Å². The summed E-state index contributed by atoms with van der Waals surface area (Å²) in [6.07, 6.45) is 1.41. The summed E-state index contributed by atoms with van der Waals surface area (Å²) in [5.41, 5.74) is 8.21. The van der Waals surface area contributed by atoms with Crippen LogP contribution in [0, 0.1) is 13.8 Å². The zero-order valence-corrected chi connectivity index (χ0v) is 19.0. The average molecular weight is 424 g/mol. The molecule has 0 unspecified atom stereocenters. The second-order valence-electron chi connectivity index (χ2n) is 8.86. The van der Waals surface area contributed by atoms with Crippen LogP contribution in [0.3, 0.4) is 0 Å². The number of rotatable bonds is 5. The number of hydrogen-bond donors (Lipinski definition) is 0. The summed E-state index contributed by atoms with van der Waals surface area (Å²) in [6.45, 7) is 7.87. The van der Waals surface area contributed by atoms with Gasteiger partial charge in [-0.1, -0.05) is 61.0 Å². The van der Waals surface area contributed by atoms with Gasteiger partial charge in [0.2, 0.25) is 5.91 Å². The van der Waals surface area contributed by atoms with E-state index in [1.807, 2.05) is 23.1 Å². The van der Waals surface area contributed by atoms with Gasteiger partial charge in [-0.2, -0.15) is 0 Å². The Hall–Kier alpha value is -3.40. The smallest absolute Gasteiger partial charge is 0.227 e. The van der Waals surface area contributed by atoms with Crippen LogP contribution >= 0.6 is 0 Å². The van der Waals surface area contributed by atoms with Gasteiger partial charge in [-0.05, 0) is 55.2 Å². The summed E-state index contributed by atoms with van der Waals surface area (Å²) in [6, 6.07) is 23.2. The molecule has 0 radical (unpaired) electrons. The van der Waals surface area contributed by atoms with Gasteiger partial charge in [0.15, 0.2) is 0 Å². The Morgan fingerprint density at radius 2 is 1.75 bits per heavy atom. The molecule has 1 aliphatic rings. The number of hydrogen-bond acceptors (Lipinski definition) is 2. The van der Waals surface area contributed by atoms with E-state index in [1.54, 1.807) is 0 Å². The number of aromatic nitrogens is 2. The van der Waals surface area contributed by atoms with E-state index < -0.39 is 0 Å². The highest BCUT2D eigenvalue weighted by Gasteiger charge is 2.35. The largest absolute Gasteiger partial charge is 0.323 e. The van der Waals surface area contributed by atoms with Crippen molar-refractivity contribution in [3.8, 4) is 0 Å². The predicted molar refractivity (Wildman–Crippen MR) is 130 cm³/mol. The molecular weight excluding hydrogens is 394 g/mol. The van der Waals surface area contributed by atoms with Crippen molar-refractivity contribution in [3.05, 3.63) is 94.8 Å². The van der Waals surface area contributed by atoms with Crippen LogP contribution in [0.1, 0.15) is 47.3 Å². The number of benzene rings is 3. The molecule has 1 aromatic heterocycles. The summed E-state index contributed by atoms with van der Waals surface area (Å²) < 4.78 is 2.32. The van der Waals surface area contributed by atoms with Gasteiger partial charge < -0.3 is 9.47 Å². The molecular formula is C28H29N3O. The Labute approximate surface area is 189 Å². The minimum absolute atomic E-state index is 0.0740. The minimum Gasteiger partial charge on any atom is -0.323 e. The number of nitrogens with zero attached hydrogens (tertiary/aromatic N) is 3. The molecule has 4 heteroatoms. The lowest BCUT2D eigenvalue weighted by molar-refractivity contribution is -0.117. The maximum atomic E-state index is 13.1. The van der Waals surface area contributed by atoms with Gasteiger partial charge in [0.25, 0.3) is 0 Å². The SMILES string of the molecule is CCc1ccccc1N1C[C@@H](c2nc3ccccc3n2Cc2cc(C)ccc2C)CC1=O. The normalized spacial score (nSPS) is 16.3. The van der Waals surface area contributed by atoms with Crippen molar-refractivity contribution in [2.75, 3.05) is 11.4 Å². The van der Waals surface area contributed by atoms with Crippen LogP contribution < -0.4 is 4.90 Å². The van der Waals surface area contributed by atoms with Crippen molar-refractivity contribution < 1.29 is 4.79 Å². The van der Waals surface area contributed by atoms with Crippen LogP contribution in [0.25, 0.3) is 11.0 Å². The highest BCUT2D eigenvalue weighted by atomic mass is 16.2. The van der Waals surface area contributed by atoms with Gasteiger partial charge in [0.05, 0.1) is 11.0 Å². The Kier molecular flexibility index (Phi) is 5.30. The lowest BCUT2D eigenvalue weighted by Gasteiger charge is -2.20. The quantitative estimate of drug-likeness (QED) is 0.408. The van der Waals surface area contributed by atoms with Gasteiger partial charge in [0, 0.05) is 31.1 Å². The molecule has 0 saturated carbocycles. The zero-order valence-electron chi connectivity index (χ0n) is 19.0. The Balaban J connectivity index is 1.55. The maximum absolute atomic E-state index is 13.1. The summed E-state index contributed by atoms with van der Waals surface area (Å²) in [7, 11) is 0. The topological polar surface area (TPSA) is 38.1 Å². The molecule has 3 aromatic carbocycles. The Morgan fingerprint density at radius 3 is 2.59 bits per heavy atom. The van der Waals surface area contributed by atoms with E-state index in [9.17, 15) is 4.79 Å². The molecule has 2 heterocycles. The molecule has 1 saturated heterocycles. The number of carbonyl (C=O) groups is 1. The molecule has 5 rings (SSSR count). The maximum Gasteiger partial charge on any atom is 0.227 e. The Morgan fingerprint density at radius 1 is 0.969 bits per heavy atom. The third kappa shape index (κ3) is 3.60. The molecule has 0 spiro atoms. The van der Waals surface area contributed by atoms with Crippen LogP contribution in [-0.2, 0) is 17.8 Å². The molecule has 162 valence electrons. The second-order valence-corrected chi connectivity index (χ2v) is 8.86. The third-order valence-electron chi connectivity index (χ3n) is 6.67. The van der Waals surface area contributed by atoms with Crippen molar-refractivity contribution in [3.63, 3.8) is 0 Å². The monoisotopic (exact) mass is 423 g/mol. The van der Waals surface area contributed by atoms with Crippen molar-refractivity contribution >= 4 is 22.6 Å². The molecule has 1 amide bonds. The van der Waals surface area contributed by atoms with Gasteiger partial charge in [0.1, 0.15) is 5.82 Å². The van der Waals surface area contributed by atoms with E-state index in [0.29, 0.717) is 13.0 Å². The molecule has 0 aliphatic carbocycles. The summed E-state index contributed by atoms with van der Waals surface area (Å²) >= 11 is 0. The van der Waals surface area contributed by atoms with E-state index in [1.165, 1.54) is 22.3 Å². The summed E-state index contributed by atoms with van der Waals surface area (Å²) in [5.74, 6) is 1.27. The molecule has 1 atom stereocenters. The second kappa shape index (κ2) is 8.27. The molecule has 0 N–H and O–H groups in total. The average Bonchev–Trinajstić information content (AvgIpc) is 3.37. The number of para-hydroxylation sites is 3. The van der Waals surface area contributed by atoms with E-state index >= 15 is 0 Å². The van der Waals surface area contributed by atoms with Crippen LogP contribution in [0.15, 0.2) is 66.7 Å². The first-order valence-corrected chi connectivity index (χ1v) is 11.4. The molecule has 1 aliphatic heterocycles. The van der Waals surface area contributed by atoms with E-state index in [0.717, 1.165) is 35.5 Å². The molecule has 0 bridgehead atoms. The predicted octanol–water partition coefficient (Wildman–Crippen LogP) is 5.78. The fraction of sp³-hybridized carbons (Fsp3) is 0.286. The van der Waals surface area contributed by atoms with Gasteiger partial charge >= 0.3 is 0 Å². The fourth-order valence-corrected chi connectivity index (χ4v) is 4.90. The lowest BCUT2D eigenvalue weighted by atomic mass is 10.0. The molecule has 4 aromatic rings. The van der Waals surface area contributed by atoms with Gasteiger partial charge in [-0.3, -0.25) is 4.79 Å². The Bertz CT molecular complexity index is 1300. The first-order chi connectivity index (χ1) is 15.5. The van der Waals surface area contributed by atoms with E-state index in [-0.39, 0.29) is 11.8 Å². The van der Waals surface area contributed by atoms with E-state index in [4.69, 9.17) is 4.98 Å². The standard InChI is InChI=1S/C28H29N3O/c1-4-21-9-5-7-11-25(21)30-18-23(16-27(30)32)28-29-24-10-6-8-12-26(24)31(28)17-22-15-19(2)13-14-20(22)3/h5-15,23H,4,16-18H2,1-3H3/t23-/m0/s1. The van der Waals surface area contributed by atoms with Crippen LogP contribution in [0.2, 0.25) is 0 Å². The molecule has 32 heavy (non-hydrogen) atoms. The lowest BCUT2D eigenvalue weighted by Crippen LogP contribution is -2.25. The number of imidazole rings is 1. The fourth-order valence-electron chi connectivity index (χ4n) is 4.90. The van der Waals surface area contributed by atoms with Crippen molar-refractivity contribution in [2.45, 2.75) is 46.1 Å². The van der Waals surface area contributed by atoms with Gasteiger partial charge in [-0.25, -0.2) is 4.98 Å². The number of aryl methyl sites for hydroxylation is 3. The van der Waals surface area contributed by atoms with Crippen molar-refractivity contribution in [1.82, 2.24) is 9.55 Å². The minimum atomic E-state index is 0.0740. The highest BCUT2D eigenvalue weighted by molar-refractivity contribution is 5.97. The van der Waals surface area contributed by atoms with Crippen molar-refractivity contribution in [1.29, 1.82) is 0 Å². The van der Waals surface area contributed by atoms with Crippen molar-refractivity contribution in [2.24, 2.45) is 0 Å². The number of anilines is 1. The van der Waals surface area contributed by atoms with Gasteiger partial charge in [-0.15, -0.1) is 0 Å². The number of amides is 1. The van der Waals surface area contributed by atoms with Crippen LogP contribution in [0.4, 0.5) is 5.69 Å². The summed E-state index contributed by atoms with van der Waals surface area (Å²) in [5, 5.41) is 0. The molecule has 1 fully saturated rings. The zero-order chi connectivity index (χ0) is 22.2. The highest BCUT2D eigenvalue weighted by Crippen LogP contribution is 2.35. The van der Waals surface area contributed by atoms with Crippen LogP contribution in [0.5, 0.6) is 0 Å². The van der Waals surface area contributed by atoms with E-state index in [2.05, 4.69) is 73.9 Å². The molecule has 4 nitrogen and oxygen atoms in total.